The van der Waals surface area contributed by atoms with Gasteiger partial charge in [0.05, 0.1) is 18.6 Å². The number of carbonyl (C=O) groups is 1. The Morgan fingerprint density at radius 3 is 2.70 bits per heavy atom. The third kappa shape index (κ3) is 3.88. The first-order chi connectivity index (χ1) is 14.3. The molecule has 0 N–H and O–H groups in total. The van der Waals surface area contributed by atoms with Crippen molar-refractivity contribution in [2.45, 2.75) is 31.5 Å². The van der Waals surface area contributed by atoms with Gasteiger partial charge in [-0.25, -0.2) is 0 Å². The van der Waals surface area contributed by atoms with Gasteiger partial charge < -0.3 is 14.2 Å². The molecule has 0 aliphatic carbocycles. The lowest BCUT2D eigenvalue weighted by atomic mass is 9.82. The molecule has 160 valence electrons. The van der Waals surface area contributed by atoms with Gasteiger partial charge in [-0.3, -0.25) is 9.59 Å². The van der Waals surface area contributed by atoms with E-state index in [0.29, 0.717) is 32.7 Å². The highest BCUT2D eigenvalue weighted by atomic mass is 19.4. The number of halogens is 3. The molecule has 2 bridgehead atoms. The summed E-state index contributed by atoms with van der Waals surface area (Å²) in [6, 6.07) is 8.29. The van der Waals surface area contributed by atoms with Crippen LogP contribution in [0.3, 0.4) is 0 Å². The highest BCUT2D eigenvalue weighted by molar-refractivity contribution is 5.76. The van der Waals surface area contributed by atoms with Gasteiger partial charge in [0, 0.05) is 43.9 Å². The Hall–Kier alpha value is -2.61. The molecule has 2 aliphatic rings. The zero-order valence-corrected chi connectivity index (χ0v) is 16.6. The van der Waals surface area contributed by atoms with Crippen molar-refractivity contribution in [2.75, 3.05) is 26.8 Å². The van der Waals surface area contributed by atoms with Crippen LogP contribution in [0.1, 0.15) is 30.0 Å². The molecule has 2 aliphatic heterocycles. The van der Waals surface area contributed by atoms with E-state index in [1.807, 2.05) is 11.0 Å². The SMILES string of the molecule is COCCC(=O)N1CC2CC(C1)c1ccc(-c3cccc(C(F)(F)F)c3)c(=O)n1C2. The zero-order chi connectivity index (χ0) is 21.5. The van der Waals surface area contributed by atoms with Gasteiger partial charge >= 0.3 is 6.18 Å². The molecule has 2 atom stereocenters. The topological polar surface area (TPSA) is 51.5 Å². The minimum Gasteiger partial charge on any atom is -0.384 e. The number of carbonyl (C=O) groups excluding carboxylic acids is 1. The normalized spacial score (nSPS) is 20.7. The number of hydrogen-bond donors (Lipinski definition) is 0. The van der Waals surface area contributed by atoms with E-state index in [2.05, 4.69) is 0 Å². The predicted molar refractivity (Wildman–Crippen MR) is 105 cm³/mol. The summed E-state index contributed by atoms with van der Waals surface area (Å²) in [7, 11) is 1.56. The molecule has 2 aromatic rings. The van der Waals surface area contributed by atoms with Crippen molar-refractivity contribution < 1.29 is 22.7 Å². The first kappa shape index (κ1) is 20.7. The summed E-state index contributed by atoms with van der Waals surface area (Å²) in [5, 5.41) is 0. The van der Waals surface area contributed by atoms with Gasteiger partial charge in [0.2, 0.25) is 5.91 Å². The number of likely N-dealkylation sites (tertiary alicyclic amines) is 1. The maximum atomic E-state index is 13.1. The molecule has 30 heavy (non-hydrogen) atoms. The van der Waals surface area contributed by atoms with Crippen molar-refractivity contribution in [3.63, 3.8) is 0 Å². The van der Waals surface area contributed by atoms with Gasteiger partial charge in [0.25, 0.3) is 5.56 Å². The Labute approximate surface area is 172 Å². The minimum atomic E-state index is -4.46. The van der Waals surface area contributed by atoms with E-state index in [9.17, 15) is 22.8 Å². The standard InChI is InChI=1S/C22H23F3N2O3/c1-30-8-7-20(28)26-11-14-9-16(13-26)19-6-5-18(21(29)27(19)12-14)15-3-2-4-17(10-15)22(23,24)25/h2-6,10,14,16H,7-9,11-13H2,1H3. The molecular formula is C22H23F3N2O3. The highest BCUT2D eigenvalue weighted by Gasteiger charge is 2.36. The van der Waals surface area contributed by atoms with Crippen LogP contribution in [0, 0.1) is 5.92 Å². The Balaban J connectivity index is 1.64. The fourth-order valence-electron chi connectivity index (χ4n) is 4.58. The lowest BCUT2D eigenvalue weighted by molar-refractivity contribution is -0.137. The number of rotatable bonds is 4. The van der Waals surface area contributed by atoms with Crippen molar-refractivity contribution >= 4 is 5.91 Å². The van der Waals surface area contributed by atoms with E-state index >= 15 is 0 Å². The van der Waals surface area contributed by atoms with Crippen molar-refractivity contribution in [1.29, 1.82) is 0 Å². The number of ether oxygens (including phenoxy) is 1. The molecule has 4 rings (SSSR count). The number of benzene rings is 1. The van der Waals surface area contributed by atoms with Crippen LogP contribution in [0.5, 0.6) is 0 Å². The third-order valence-corrected chi connectivity index (χ3v) is 5.98. The number of fused-ring (bicyclic) bond motifs is 4. The van der Waals surface area contributed by atoms with Crippen LogP contribution in [0.25, 0.3) is 11.1 Å². The Morgan fingerprint density at radius 1 is 1.17 bits per heavy atom. The van der Waals surface area contributed by atoms with E-state index in [4.69, 9.17) is 4.74 Å². The molecule has 0 radical (unpaired) electrons. The van der Waals surface area contributed by atoms with Gasteiger partial charge in [-0.1, -0.05) is 12.1 Å². The van der Waals surface area contributed by atoms with Crippen LogP contribution >= 0.6 is 0 Å². The highest BCUT2D eigenvalue weighted by Crippen LogP contribution is 2.36. The molecule has 0 spiro atoms. The molecule has 1 fully saturated rings. The van der Waals surface area contributed by atoms with Gasteiger partial charge in [0.1, 0.15) is 0 Å². The largest absolute Gasteiger partial charge is 0.416 e. The molecule has 1 aromatic heterocycles. The monoisotopic (exact) mass is 420 g/mol. The number of aromatic nitrogens is 1. The van der Waals surface area contributed by atoms with Crippen molar-refractivity contribution in [3.8, 4) is 11.1 Å². The van der Waals surface area contributed by atoms with Crippen LogP contribution in [0.2, 0.25) is 0 Å². The van der Waals surface area contributed by atoms with E-state index < -0.39 is 11.7 Å². The summed E-state index contributed by atoms with van der Waals surface area (Å²) in [5.74, 6) is 0.243. The fourth-order valence-corrected chi connectivity index (χ4v) is 4.58. The Kier molecular flexibility index (Phi) is 5.44. The van der Waals surface area contributed by atoms with Gasteiger partial charge in [-0.15, -0.1) is 0 Å². The van der Waals surface area contributed by atoms with Gasteiger partial charge in [0.15, 0.2) is 0 Å². The lowest BCUT2D eigenvalue weighted by Crippen LogP contribution is -2.49. The average molecular weight is 420 g/mol. The lowest BCUT2D eigenvalue weighted by Gasteiger charge is -2.43. The first-order valence-corrected chi connectivity index (χ1v) is 9.96. The summed E-state index contributed by atoms with van der Waals surface area (Å²) in [4.78, 5) is 27.4. The van der Waals surface area contributed by atoms with Crippen molar-refractivity contribution in [1.82, 2.24) is 9.47 Å². The molecule has 5 nitrogen and oxygen atoms in total. The molecule has 3 heterocycles. The minimum absolute atomic E-state index is 0.0444. The first-order valence-electron chi connectivity index (χ1n) is 9.96. The molecule has 1 amide bonds. The number of methoxy groups -OCH3 is 1. The smallest absolute Gasteiger partial charge is 0.384 e. The van der Waals surface area contributed by atoms with Crippen LogP contribution in [-0.4, -0.2) is 42.2 Å². The molecule has 0 saturated carbocycles. The maximum Gasteiger partial charge on any atom is 0.416 e. The Bertz CT molecular complexity index is 1020. The van der Waals surface area contributed by atoms with Crippen LogP contribution in [0.4, 0.5) is 13.2 Å². The molecule has 1 aromatic carbocycles. The fraction of sp³-hybridized carbons (Fsp3) is 0.455. The van der Waals surface area contributed by atoms with Gasteiger partial charge in [-0.2, -0.15) is 13.2 Å². The quantitative estimate of drug-likeness (QED) is 0.761. The number of pyridine rings is 1. The van der Waals surface area contributed by atoms with Crippen LogP contribution in [0.15, 0.2) is 41.2 Å². The second-order valence-corrected chi connectivity index (χ2v) is 8.01. The summed E-state index contributed by atoms with van der Waals surface area (Å²) in [6.07, 6.45) is -3.23. The van der Waals surface area contributed by atoms with E-state index in [1.54, 1.807) is 17.7 Å². The average Bonchev–Trinajstić information content (AvgIpc) is 2.72. The Morgan fingerprint density at radius 2 is 1.97 bits per heavy atom. The van der Waals surface area contributed by atoms with Crippen molar-refractivity contribution in [2.24, 2.45) is 5.92 Å². The number of hydrogen-bond acceptors (Lipinski definition) is 3. The van der Waals surface area contributed by atoms with Crippen LogP contribution in [-0.2, 0) is 22.3 Å². The summed E-state index contributed by atoms with van der Waals surface area (Å²) >= 11 is 0. The third-order valence-electron chi connectivity index (χ3n) is 5.98. The van der Waals surface area contributed by atoms with Crippen molar-refractivity contribution in [3.05, 3.63) is 58.0 Å². The summed E-state index contributed by atoms with van der Waals surface area (Å²) < 4.78 is 45.9. The predicted octanol–water partition coefficient (Wildman–Crippen LogP) is 3.52. The zero-order valence-electron chi connectivity index (χ0n) is 16.6. The second kappa shape index (κ2) is 7.91. The van der Waals surface area contributed by atoms with E-state index in [-0.39, 0.29) is 34.4 Å². The molecule has 2 unspecified atom stereocenters. The maximum absolute atomic E-state index is 13.1. The second-order valence-electron chi connectivity index (χ2n) is 8.01. The number of amides is 1. The number of nitrogens with zero attached hydrogens (tertiary/aromatic N) is 2. The van der Waals surface area contributed by atoms with E-state index in [0.717, 1.165) is 24.2 Å². The van der Waals surface area contributed by atoms with Gasteiger partial charge in [-0.05, 0) is 42.2 Å². The summed E-state index contributed by atoms with van der Waals surface area (Å²) in [5.41, 5.74) is 0.316. The molecule has 8 heteroatoms. The molecule has 1 saturated heterocycles. The number of piperidine rings is 1. The van der Waals surface area contributed by atoms with E-state index in [1.165, 1.54) is 12.1 Å². The summed E-state index contributed by atoms with van der Waals surface area (Å²) in [6.45, 7) is 1.96. The van der Waals surface area contributed by atoms with Crippen LogP contribution < -0.4 is 5.56 Å². The molecular weight excluding hydrogens is 397 g/mol. The number of alkyl halides is 3.